The summed E-state index contributed by atoms with van der Waals surface area (Å²) in [6.45, 7) is 3.53. The van der Waals surface area contributed by atoms with Gasteiger partial charge < -0.3 is 24.6 Å². The van der Waals surface area contributed by atoms with Gasteiger partial charge in [0.25, 0.3) is 5.91 Å². The maximum atomic E-state index is 12.9. The summed E-state index contributed by atoms with van der Waals surface area (Å²) in [6, 6.07) is 10.4. The number of hydrogen-bond acceptors (Lipinski definition) is 6. The lowest BCUT2D eigenvalue weighted by molar-refractivity contribution is 0.0600. The first-order valence-electron chi connectivity index (χ1n) is 9.23. The van der Waals surface area contributed by atoms with E-state index in [2.05, 4.69) is 38.1 Å². The highest BCUT2D eigenvalue weighted by atomic mass is 79.9. The van der Waals surface area contributed by atoms with Crippen molar-refractivity contribution in [2.45, 2.75) is 0 Å². The predicted octanol–water partition coefficient (Wildman–Crippen LogP) is 3.25. The SMILES string of the molecule is COC(=O)c1ccc(N2CCN(C)CC2)c(NC(=O)c2ccc(OC)c(Br)c2)c1. The molecule has 2 aromatic carbocycles. The molecule has 0 spiro atoms. The molecule has 0 aromatic heterocycles. The lowest BCUT2D eigenvalue weighted by Gasteiger charge is -2.35. The zero-order chi connectivity index (χ0) is 21.0. The standard InChI is InChI=1S/C21H24BrN3O4/c1-24-8-10-25(11-9-24)18-6-4-15(21(27)29-3)13-17(18)23-20(26)14-5-7-19(28-2)16(22)12-14/h4-7,12-13H,8-11H2,1-3H3,(H,23,26). The molecule has 7 nitrogen and oxygen atoms in total. The number of anilines is 2. The van der Waals surface area contributed by atoms with E-state index in [9.17, 15) is 9.59 Å². The first kappa shape index (κ1) is 21.1. The summed E-state index contributed by atoms with van der Waals surface area (Å²) in [5.41, 5.74) is 2.32. The molecule has 29 heavy (non-hydrogen) atoms. The minimum absolute atomic E-state index is 0.272. The zero-order valence-corrected chi connectivity index (χ0v) is 18.3. The number of carbonyl (C=O) groups is 2. The van der Waals surface area contributed by atoms with Gasteiger partial charge in [-0.3, -0.25) is 4.79 Å². The topological polar surface area (TPSA) is 71.1 Å². The minimum Gasteiger partial charge on any atom is -0.496 e. The lowest BCUT2D eigenvalue weighted by Crippen LogP contribution is -2.44. The smallest absolute Gasteiger partial charge is 0.337 e. The van der Waals surface area contributed by atoms with Gasteiger partial charge >= 0.3 is 5.97 Å². The molecule has 154 valence electrons. The average molecular weight is 462 g/mol. The van der Waals surface area contributed by atoms with Crippen molar-refractivity contribution in [3.63, 3.8) is 0 Å². The molecular formula is C21H24BrN3O4. The van der Waals surface area contributed by atoms with E-state index in [0.717, 1.165) is 31.9 Å². The van der Waals surface area contributed by atoms with Gasteiger partial charge in [0.2, 0.25) is 0 Å². The van der Waals surface area contributed by atoms with Crippen LogP contribution in [0.1, 0.15) is 20.7 Å². The second-order valence-electron chi connectivity index (χ2n) is 6.82. The largest absolute Gasteiger partial charge is 0.496 e. The third kappa shape index (κ3) is 4.89. The van der Waals surface area contributed by atoms with E-state index in [4.69, 9.17) is 9.47 Å². The van der Waals surface area contributed by atoms with E-state index in [1.165, 1.54) is 7.11 Å². The molecule has 1 aliphatic rings. The molecule has 1 saturated heterocycles. The van der Waals surface area contributed by atoms with Gasteiger partial charge in [-0.1, -0.05) is 0 Å². The predicted molar refractivity (Wildman–Crippen MR) is 116 cm³/mol. The maximum absolute atomic E-state index is 12.9. The van der Waals surface area contributed by atoms with Gasteiger partial charge in [0.05, 0.1) is 35.6 Å². The van der Waals surface area contributed by atoms with Crippen molar-refractivity contribution in [1.82, 2.24) is 4.90 Å². The molecule has 0 aliphatic carbocycles. The highest BCUT2D eigenvalue weighted by Crippen LogP contribution is 2.30. The zero-order valence-electron chi connectivity index (χ0n) is 16.7. The maximum Gasteiger partial charge on any atom is 0.337 e. The molecule has 1 heterocycles. The van der Waals surface area contributed by atoms with E-state index in [0.29, 0.717) is 27.0 Å². The van der Waals surface area contributed by atoms with Crippen molar-refractivity contribution in [3.05, 3.63) is 52.0 Å². The number of carbonyl (C=O) groups excluding carboxylic acids is 2. The van der Waals surface area contributed by atoms with E-state index in [1.54, 1.807) is 37.4 Å². The Labute approximate surface area is 178 Å². The monoisotopic (exact) mass is 461 g/mol. The van der Waals surface area contributed by atoms with Gasteiger partial charge in [-0.15, -0.1) is 0 Å². The third-order valence-corrected chi connectivity index (χ3v) is 5.54. The molecule has 1 fully saturated rings. The molecule has 0 unspecified atom stereocenters. The number of esters is 1. The summed E-state index contributed by atoms with van der Waals surface area (Å²) in [5.74, 6) is -0.0734. The van der Waals surface area contributed by atoms with Crippen LogP contribution in [0.25, 0.3) is 0 Å². The van der Waals surface area contributed by atoms with Crippen molar-refractivity contribution in [2.75, 3.05) is 57.7 Å². The fourth-order valence-corrected chi connectivity index (χ4v) is 3.75. The number of ether oxygens (including phenoxy) is 2. The van der Waals surface area contributed by atoms with E-state index in [1.807, 2.05) is 6.07 Å². The molecule has 8 heteroatoms. The molecule has 2 aromatic rings. The Morgan fingerprint density at radius 1 is 1.00 bits per heavy atom. The van der Waals surface area contributed by atoms with Crippen LogP contribution in [-0.2, 0) is 4.74 Å². The number of methoxy groups -OCH3 is 2. The van der Waals surface area contributed by atoms with Crippen LogP contribution in [0.15, 0.2) is 40.9 Å². The Morgan fingerprint density at radius 2 is 1.69 bits per heavy atom. The second kappa shape index (κ2) is 9.28. The first-order valence-corrected chi connectivity index (χ1v) is 10.0. The van der Waals surface area contributed by atoms with Crippen molar-refractivity contribution in [1.29, 1.82) is 0 Å². The van der Waals surface area contributed by atoms with Crippen molar-refractivity contribution in [2.24, 2.45) is 0 Å². The molecule has 1 N–H and O–H groups in total. The number of likely N-dealkylation sites (N-methyl/N-ethyl adjacent to an activating group) is 1. The summed E-state index contributed by atoms with van der Waals surface area (Å²) in [4.78, 5) is 29.3. The number of hydrogen-bond donors (Lipinski definition) is 1. The van der Waals surface area contributed by atoms with E-state index in [-0.39, 0.29) is 5.91 Å². The molecule has 0 saturated carbocycles. The molecule has 0 radical (unpaired) electrons. The van der Waals surface area contributed by atoms with Crippen molar-refractivity contribution >= 4 is 39.2 Å². The molecule has 3 rings (SSSR count). The fourth-order valence-electron chi connectivity index (χ4n) is 3.21. The number of benzene rings is 2. The quantitative estimate of drug-likeness (QED) is 0.689. The van der Waals surface area contributed by atoms with Crippen LogP contribution in [0.4, 0.5) is 11.4 Å². The number of amides is 1. The van der Waals surface area contributed by atoms with E-state index < -0.39 is 5.97 Å². The van der Waals surface area contributed by atoms with Crippen molar-refractivity contribution in [3.8, 4) is 5.75 Å². The third-order valence-electron chi connectivity index (χ3n) is 4.92. The molecular weight excluding hydrogens is 438 g/mol. The second-order valence-corrected chi connectivity index (χ2v) is 7.67. The summed E-state index contributed by atoms with van der Waals surface area (Å²) >= 11 is 3.40. The molecule has 1 amide bonds. The Balaban J connectivity index is 1.91. The highest BCUT2D eigenvalue weighted by molar-refractivity contribution is 9.10. The Bertz CT molecular complexity index is 911. The number of nitrogens with zero attached hydrogens (tertiary/aromatic N) is 2. The van der Waals surface area contributed by atoms with Crippen molar-refractivity contribution < 1.29 is 19.1 Å². The first-order chi connectivity index (χ1) is 13.9. The van der Waals surface area contributed by atoms with Gasteiger partial charge in [0, 0.05) is 31.7 Å². The summed E-state index contributed by atoms with van der Waals surface area (Å²) in [7, 11) is 4.99. The number of nitrogens with one attached hydrogen (secondary N) is 1. The molecule has 0 bridgehead atoms. The van der Waals surface area contributed by atoms with Gasteiger partial charge in [-0.25, -0.2) is 4.79 Å². The highest BCUT2D eigenvalue weighted by Gasteiger charge is 2.20. The van der Waals surface area contributed by atoms with Gasteiger partial charge in [0.15, 0.2) is 0 Å². The van der Waals surface area contributed by atoms with Crippen LogP contribution >= 0.6 is 15.9 Å². The lowest BCUT2D eigenvalue weighted by atomic mass is 10.1. The number of halogens is 1. The summed E-state index contributed by atoms with van der Waals surface area (Å²) in [5, 5.41) is 2.96. The Kier molecular flexibility index (Phi) is 6.76. The summed E-state index contributed by atoms with van der Waals surface area (Å²) in [6.07, 6.45) is 0. The number of rotatable bonds is 5. The van der Waals surface area contributed by atoms with Gasteiger partial charge in [-0.2, -0.15) is 0 Å². The van der Waals surface area contributed by atoms with Crippen LogP contribution in [0.3, 0.4) is 0 Å². The Hall–Kier alpha value is -2.58. The average Bonchev–Trinajstić information content (AvgIpc) is 2.73. The van der Waals surface area contributed by atoms with Gasteiger partial charge in [-0.05, 0) is 59.4 Å². The number of piperazine rings is 1. The van der Waals surface area contributed by atoms with Crippen LogP contribution in [-0.4, -0.2) is 64.2 Å². The fraction of sp³-hybridized carbons (Fsp3) is 0.333. The molecule has 1 aliphatic heterocycles. The van der Waals surface area contributed by atoms with Gasteiger partial charge in [0.1, 0.15) is 5.75 Å². The Morgan fingerprint density at radius 3 is 2.31 bits per heavy atom. The molecule has 0 atom stereocenters. The van der Waals surface area contributed by atoms with Crippen LogP contribution in [0, 0.1) is 0 Å². The normalized spacial score (nSPS) is 14.4. The minimum atomic E-state index is -0.447. The van der Waals surface area contributed by atoms with E-state index >= 15 is 0 Å². The van der Waals surface area contributed by atoms with Crippen LogP contribution in [0.5, 0.6) is 5.75 Å². The van der Waals surface area contributed by atoms with Crippen LogP contribution < -0.4 is 15.0 Å². The summed E-state index contributed by atoms with van der Waals surface area (Å²) < 4.78 is 10.7. The van der Waals surface area contributed by atoms with Crippen LogP contribution in [0.2, 0.25) is 0 Å².